The van der Waals surface area contributed by atoms with Gasteiger partial charge < -0.3 is 10.4 Å². The molecule has 1 aromatic heterocycles. The molecular formula is C14H16BrNOS. The highest BCUT2D eigenvalue weighted by Crippen LogP contribution is 2.30. The van der Waals surface area contributed by atoms with Gasteiger partial charge in [-0.1, -0.05) is 30.3 Å². The highest BCUT2D eigenvalue weighted by atomic mass is 79.9. The van der Waals surface area contributed by atoms with Crippen molar-refractivity contribution in [1.29, 1.82) is 0 Å². The molecule has 0 spiro atoms. The van der Waals surface area contributed by atoms with Crippen LogP contribution < -0.4 is 5.32 Å². The molecule has 0 saturated carbocycles. The van der Waals surface area contributed by atoms with Crippen LogP contribution in [0.2, 0.25) is 0 Å². The lowest BCUT2D eigenvalue weighted by Gasteiger charge is -2.21. The van der Waals surface area contributed by atoms with Crippen molar-refractivity contribution < 1.29 is 5.11 Å². The number of aliphatic hydroxyl groups is 1. The van der Waals surface area contributed by atoms with Gasteiger partial charge in [-0.25, -0.2) is 0 Å². The topological polar surface area (TPSA) is 32.3 Å². The minimum atomic E-state index is -0.0322. The number of halogens is 1. The molecule has 0 radical (unpaired) electrons. The van der Waals surface area contributed by atoms with Crippen LogP contribution in [-0.2, 0) is 0 Å². The van der Waals surface area contributed by atoms with E-state index in [0.717, 1.165) is 10.0 Å². The van der Waals surface area contributed by atoms with E-state index in [1.807, 2.05) is 30.3 Å². The van der Waals surface area contributed by atoms with Crippen LogP contribution in [0.5, 0.6) is 0 Å². The van der Waals surface area contributed by atoms with Crippen molar-refractivity contribution in [2.24, 2.45) is 0 Å². The third-order valence-corrected chi connectivity index (χ3v) is 4.93. The average molecular weight is 326 g/mol. The summed E-state index contributed by atoms with van der Waals surface area (Å²) in [5, 5.41) is 15.0. The lowest BCUT2D eigenvalue weighted by atomic mass is 10.1. The van der Waals surface area contributed by atoms with Crippen molar-refractivity contribution in [3.05, 3.63) is 56.7 Å². The van der Waals surface area contributed by atoms with E-state index in [9.17, 15) is 5.11 Å². The molecule has 0 fully saturated rings. The molecule has 1 heterocycles. The maximum atomic E-state index is 9.52. The second-order valence-electron chi connectivity index (χ2n) is 4.17. The molecular weight excluding hydrogens is 310 g/mol. The molecule has 1 aromatic carbocycles. The Kier molecular flexibility index (Phi) is 4.95. The SMILES string of the molecule is CC(NC(CO)c1ccccc1)c1sccc1Br. The lowest BCUT2D eigenvalue weighted by molar-refractivity contribution is 0.236. The molecule has 2 aromatic rings. The fourth-order valence-electron chi connectivity index (χ4n) is 1.93. The highest BCUT2D eigenvalue weighted by molar-refractivity contribution is 9.10. The van der Waals surface area contributed by atoms with Gasteiger partial charge in [-0.15, -0.1) is 11.3 Å². The molecule has 2 atom stereocenters. The molecule has 2 unspecified atom stereocenters. The number of hydrogen-bond acceptors (Lipinski definition) is 3. The third kappa shape index (κ3) is 3.20. The predicted molar refractivity (Wildman–Crippen MR) is 79.8 cm³/mol. The van der Waals surface area contributed by atoms with Gasteiger partial charge in [-0.2, -0.15) is 0 Å². The van der Waals surface area contributed by atoms with E-state index in [4.69, 9.17) is 0 Å². The molecule has 2 rings (SSSR count). The fraction of sp³-hybridized carbons (Fsp3) is 0.286. The molecule has 0 bridgehead atoms. The van der Waals surface area contributed by atoms with Gasteiger partial charge in [-0.05, 0) is 39.9 Å². The number of hydrogen-bond donors (Lipinski definition) is 2. The first-order chi connectivity index (χ1) is 8.72. The van der Waals surface area contributed by atoms with E-state index in [0.29, 0.717) is 0 Å². The average Bonchev–Trinajstić information content (AvgIpc) is 2.83. The van der Waals surface area contributed by atoms with Crippen molar-refractivity contribution >= 4 is 27.3 Å². The molecule has 18 heavy (non-hydrogen) atoms. The van der Waals surface area contributed by atoms with Crippen molar-refractivity contribution in [2.45, 2.75) is 19.0 Å². The molecule has 96 valence electrons. The Hall–Kier alpha value is -0.680. The van der Waals surface area contributed by atoms with Crippen LogP contribution in [0.15, 0.2) is 46.3 Å². The molecule has 0 aliphatic carbocycles. The van der Waals surface area contributed by atoms with E-state index in [-0.39, 0.29) is 18.7 Å². The smallest absolute Gasteiger partial charge is 0.0626 e. The summed E-state index contributed by atoms with van der Waals surface area (Å²) in [6.07, 6.45) is 0. The summed E-state index contributed by atoms with van der Waals surface area (Å²) in [6.45, 7) is 2.21. The number of nitrogens with one attached hydrogen (secondary N) is 1. The molecule has 0 amide bonds. The first-order valence-electron chi connectivity index (χ1n) is 5.87. The van der Waals surface area contributed by atoms with Gasteiger partial charge in [0, 0.05) is 15.4 Å². The summed E-state index contributed by atoms with van der Waals surface area (Å²) in [4.78, 5) is 1.25. The summed E-state index contributed by atoms with van der Waals surface area (Å²) in [5.41, 5.74) is 1.11. The van der Waals surface area contributed by atoms with Crippen LogP contribution >= 0.6 is 27.3 Å². The molecule has 0 aliphatic heterocycles. The van der Waals surface area contributed by atoms with E-state index >= 15 is 0 Å². The van der Waals surface area contributed by atoms with Crippen molar-refractivity contribution in [3.63, 3.8) is 0 Å². The van der Waals surface area contributed by atoms with E-state index in [1.54, 1.807) is 11.3 Å². The number of aliphatic hydroxyl groups excluding tert-OH is 1. The van der Waals surface area contributed by atoms with Crippen LogP contribution in [0.3, 0.4) is 0 Å². The van der Waals surface area contributed by atoms with E-state index in [2.05, 4.69) is 39.6 Å². The van der Waals surface area contributed by atoms with Crippen LogP contribution in [0.4, 0.5) is 0 Å². The zero-order valence-electron chi connectivity index (χ0n) is 10.1. The minimum absolute atomic E-state index is 0.0322. The Balaban J connectivity index is 2.10. The predicted octanol–water partition coefficient (Wildman–Crippen LogP) is 3.89. The first-order valence-corrected chi connectivity index (χ1v) is 7.54. The first kappa shape index (κ1) is 13.7. The molecule has 0 saturated heterocycles. The summed E-state index contributed by atoms with van der Waals surface area (Å²) in [6, 6.07) is 12.3. The minimum Gasteiger partial charge on any atom is -0.394 e. The monoisotopic (exact) mass is 325 g/mol. The van der Waals surface area contributed by atoms with Gasteiger partial charge in [0.1, 0.15) is 0 Å². The van der Waals surface area contributed by atoms with E-state index in [1.165, 1.54) is 4.88 Å². The summed E-state index contributed by atoms with van der Waals surface area (Å²) < 4.78 is 1.12. The van der Waals surface area contributed by atoms with Gasteiger partial charge in [0.05, 0.1) is 12.6 Å². The number of thiophene rings is 1. The lowest BCUT2D eigenvalue weighted by Crippen LogP contribution is -2.27. The Labute approximate surface area is 120 Å². The summed E-state index contributed by atoms with van der Waals surface area (Å²) in [7, 11) is 0. The van der Waals surface area contributed by atoms with E-state index < -0.39 is 0 Å². The Bertz CT molecular complexity index is 486. The Morgan fingerprint density at radius 2 is 2.00 bits per heavy atom. The molecule has 4 heteroatoms. The van der Waals surface area contributed by atoms with Gasteiger partial charge >= 0.3 is 0 Å². The standard InChI is InChI=1S/C14H16BrNOS/c1-10(14-12(15)7-8-18-14)16-13(9-17)11-5-3-2-4-6-11/h2-8,10,13,16-17H,9H2,1H3. The summed E-state index contributed by atoms with van der Waals surface area (Å²) in [5.74, 6) is 0. The summed E-state index contributed by atoms with van der Waals surface area (Å²) >= 11 is 5.26. The van der Waals surface area contributed by atoms with Crippen LogP contribution in [0.1, 0.15) is 29.4 Å². The number of benzene rings is 1. The zero-order chi connectivity index (χ0) is 13.0. The van der Waals surface area contributed by atoms with Crippen LogP contribution in [0.25, 0.3) is 0 Å². The highest BCUT2D eigenvalue weighted by Gasteiger charge is 2.16. The van der Waals surface area contributed by atoms with Gasteiger partial charge in [0.2, 0.25) is 0 Å². The maximum Gasteiger partial charge on any atom is 0.0626 e. The molecule has 2 N–H and O–H groups in total. The van der Waals surface area contributed by atoms with Crippen molar-refractivity contribution in [2.75, 3.05) is 6.61 Å². The third-order valence-electron chi connectivity index (χ3n) is 2.87. The second kappa shape index (κ2) is 6.48. The molecule has 2 nitrogen and oxygen atoms in total. The zero-order valence-corrected chi connectivity index (χ0v) is 12.5. The van der Waals surface area contributed by atoms with Crippen molar-refractivity contribution in [1.82, 2.24) is 5.32 Å². The largest absolute Gasteiger partial charge is 0.394 e. The van der Waals surface area contributed by atoms with Crippen molar-refractivity contribution in [3.8, 4) is 0 Å². The van der Waals surface area contributed by atoms with Crippen LogP contribution in [-0.4, -0.2) is 11.7 Å². The normalized spacial score (nSPS) is 14.4. The molecule has 0 aliphatic rings. The van der Waals surface area contributed by atoms with Crippen LogP contribution in [0, 0.1) is 0 Å². The quantitative estimate of drug-likeness (QED) is 0.873. The van der Waals surface area contributed by atoms with Gasteiger partial charge in [-0.3, -0.25) is 0 Å². The number of rotatable bonds is 5. The maximum absolute atomic E-state index is 9.52. The van der Waals surface area contributed by atoms with Gasteiger partial charge in [0.25, 0.3) is 0 Å². The van der Waals surface area contributed by atoms with Gasteiger partial charge in [0.15, 0.2) is 0 Å². The fourth-order valence-corrected chi connectivity index (χ4v) is 3.67. The second-order valence-corrected chi connectivity index (χ2v) is 5.97. The Morgan fingerprint density at radius 3 is 2.56 bits per heavy atom. The Morgan fingerprint density at radius 1 is 1.28 bits per heavy atom.